The molecule has 0 heterocycles. The highest BCUT2D eigenvalue weighted by Gasteiger charge is 2.33. The molecule has 0 rings (SSSR count). The molecule has 0 N–H and O–H groups in total. The van der Waals surface area contributed by atoms with Gasteiger partial charge in [-0.05, 0) is 215 Å². The summed E-state index contributed by atoms with van der Waals surface area (Å²) in [5.74, 6) is 10.9. The van der Waals surface area contributed by atoms with Crippen molar-refractivity contribution in [3.63, 3.8) is 0 Å². The lowest BCUT2D eigenvalue weighted by Gasteiger charge is -2.38. The topological polar surface area (TPSA) is 0 Å². The molecule has 0 heteroatoms. The molecule has 0 saturated carbocycles. The molecule has 3 unspecified atom stereocenters. The van der Waals surface area contributed by atoms with Gasteiger partial charge >= 0.3 is 0 Å². The maximum atomic E-state index is 2.41. The summed E-state index contributed by atoms with van der Waals surface area (Å²) in [6, 6.07) is 0. The normalized spacial score (nSPS) is 13.8. The summed E-state index contributed by atoms with van der Waals surface area (Å²) in [5.41, 5.74) is 7.98. The average Bonchev–Trinajstić information content (AvgIpc) is 0.853. The summed E-state index contributed by atoms with van der Waals surface area (Å²) in [6.07, 6.45) is 21.1. The van der Waals surface area contributed by atoms with E-state index in [1.807, 2.05) is 0 Å². The zero-order valence-electron chi connectivity index (χ0n) is 97.8. The van der Waals surface area contributed by atoms with E-state index in [4.69, 9.17) is 0 Å². The highest BCUT2D eigenvalue weighted by molar-refractivity contribution is 4.84. The van der Waals surface area contributed by atoms with Crippen molar-refractivity contribution in [2.24, 2.45) is 164 Å². The Hall–Kier alpha value is 0. The second-order valence-corrected chi connectivity index (χ2v) is 57.0. The summed E-state index contributed by atoms with van der Waals surface area (Å²) >= 11 is 0. The van der Waals surface area contributed by atoms with Crippen LogP contribution in [0.5, 0.6) is 0 Å². The molecule has 0 bridgehead atoms. The highest BCUT2D eigenvalue weighted by atomic mass is 14.4. The van der Waals surface area contributed by atoms with Gasteiger partial charge in [0.2, 0.25) is 0 Å². The van der Waals surface area contributed by atoms with Gasteiger partial charge in [-0.15, -0.1) is 0 Å². The number of rotatable bonds is 21. The molecule has 0 nitrogen and oxygen atoms in total. The van der Waals surface area contributed by atoms with Gasteiger partial charge in [-0.1, -0.05) is 543 Å². The molecule has 0 spiro atoms. The Morgan fingerprint density at radius 3 is 0.560 bits per heavy atom. The van der Waals surface area contributed by atoms with Crippen LogP contribution in [0.2, 0.25) is 0 Å². The Morgan fingerprint density at radius 1 is 0.216 bits per heavy atom. The number of unbranched alkanes of at least 4 members (excludes halogenated alkanes) is 1. The first-order valence-corrected chi connectivity index (χ1v) is 50.1. The van der Waals surface area contributed by atoms with Gasteiger partial charge in [-0.3, -0.25) is 0 Å². The standard InChI is InChI=1S/C14H30.2C10H22.4C9H20.4C8H18.2C7H16/c1-9-13(5,6)11-14(7,8)10-12(2,3)4;1-8(9(2,3)4)10(5,6)7;1-7-10(5,6)8-9(2,3)4;1-8(2,3)7-9(4,5)6;1-6-9(4,5)7-8(2)3;1-6-7-9(4,5)8(2)3;1-6-8(4)9(5)7(2)3;1-7(2)6-8(3,4)5;1-6-7(2)8(3,4)5;1-6(2)8(5)7(3)4;1-5-6-7-8(2,3)4;2*1-6(2)7(3,4)5/h9-11H2,1-8H3;8H,1-7H3;7-8H2,1-6H3;7H2,1-6H3;2*8H,6-7H2,1-5H3;7-9H,6H2,1-5H3;2*7H,6H2,1-5H3;6-8H,1-5H3;5-7H2,1-4H3;2*6H,1-5H3. The molecule has 0 aromatic heterocycles. The Kier molecular flexibility index (Phi) is 81.7. The third-order valence-electron chi connectivity index (χ3n) is 25.5. The zero-order chi connectivity index (χ0) is 97.8. The highest BCUT2D eigenvalue weighted by Crippen LogP contribution is 2.44. The molecule has 0 aliphatic heterocycles. The minimum Gasteiger partial charge on any atom is -0.0654 e. The van der Waals surface area contributed by atoms with E-state index in [0.717, 1.165) is 76.9 Å². The quantitative estimate of drug-likeness (QED) is 0.107. The van der Waals surface area contributed by atoms with Gasteiger partial charge in [0.05, 0.1) is 0 Å². The van der Waals surface area contributed by atoms with Crippen molar-refractivity contribution in [3.8, 4) is 0 Å². The van der Waals surface area contributed by atoms with Crippen LogP contribution in [0.3, 0.4) is 0 Å². The van der Waals surface area contributed by atoms with E-state index in [-0.39, 0.29) is 0 Å². The minimum atomic E-state index is 0.443. The predicted octanol–water partition coefficient (Wildman–Crippen LogP) is 44.3. The van der Waals surface area contributed by atoms with Crippen LogP contribution in [-0.4, -0.2) is 0 Å². The number of hydrogen-bond donors (Lipinski definition) is 0. The van der Waals surface area contributed by atoms with E-state index in [2.05, 4.69) is 492 Å². The maximum absolute atomic E-state index is 2.41. The summed E-state index contributed by atoms with van der Waals surface area (Å²) in [7, 11) is 0. The maximum Gasteiger partial charge on any atom is -0.0331 e. The Balaban J connectivity index is -0.0000000904. The molecular weight excluding hydrogens is 1390 g/mol. The van der Waals surface area contributed by atoms with Crippen LogP contribution in [0.1, 0.15) is 594 Å². The lowest BCUT2D eigenvalue weighted by molar-refractivity contribution is 0.121. The Labute approximate surface area is 753 Å². The van der Waals surface area contributed by atoms with Crippen LogP contribution in [-0.2, 0) is 0 Å². The van der Waals surface area contributed by atoms with Crippen molar-refractivity contribution >= 4 is 0 Å². The summed E-state index contributed by atoms with van der Waals surface area (Å²) in [5, 5.41) is 0. The zero-order valence-corrected chi connectivity index (χ0v) is 97.8. The van der Waals surface area contributed by atoms with Gasteiger partial charge in [0.1, 0.15) is 0 Å². The van der Waals surface area contributed by atoms with Crippen molar-refractivity contribution < 1.29 is 0 Å². The van der Waals surface area contributed by atoms with Gasteiger partial charge in [0.15, 0.2) is 0 Å². The van der Waals surface area contributed by atoms with Crippen molar-refractivity contribution in [2.45, 2.75) is 594 Å². The average molecular weight is 1650 g/mol. The monoisotopic (exact) mass is 1650 g/mol. The molecule has 0 fully saturated rings. The second kappa shape index (κ2) is 65.5. The fourth-order valence-corrected chi connectivity index (χ4v) is 13.9. The molecule has 0 aromatic rings. The first kappa shape index (κ1) is 145. The number of hydrogen-bond acceptors (Lipinski definition) is 0. The molecule has 3 atom stereocenters. The van der Waals surface area contributed by atoms with Crippen LogP contribution >= 0.6 is 0 Å². The van der Waals surface area contributed by atoms with Gasteiger partial charge < -0.3 is 0 Å². The summed E-state index contributed by atoms with van der Waals surface area (Å²) < 4.78 is 0. The largest absolute Gasteiger partial charge is 0.0654 e. The van der Waals surface area contributed by atoms with Crippen molar-refractivity contribution in [3.05, 3.63) is 0 Å². The molecule has 0 radical (unpaired) electrons. The van der Waals surface area contributed by atoms with Gasteiger partial charge in [-0.2, -0.15) is 0 Å². The van der Waals surface area contributed by atoms with Gasteiger partial charge in [-0.25, -0.2) is 0 Å². The van der Waals surface area contributed by atoms with Crippen molar-refractivity contribution in [2.75, 3.05) is 0 Å². The van der Waals surface area contributed by atoms with E-state index in [1.54, 1.807) is 0 Å². The molecular formula is C116H258. The van der Waals surface area contributed by atoms with Crippen molar-refractivity contribution in [1.82, 2.24) is 0 Å². The fourth-order valence-electron chi connectivity index (χ4n) is 13.9. The molecule has 0 aromatic carbocycles. The third kappa shape index (κ3) is 125. The molecule has 722 valence electrons. The predicted molar refractivity (Wildman–Crippen MR) is 561 cm³/mol. The smallest absolute Gasteiger partial charge is 0.0331 e. The van der Waals surface area contributed by atoms with Crippen LogP contribution in [0.4, 0.5) is 0 Å². The minimum absolute atomic E-state index is 0.443. The second-order valence-electron chi connectivity index (χ2n) is 57.0. The first-order valence-electron chi connectivity index (χ1n) is 50.1. The molecule has 0 amide bonds. The van der Waals surface area contributed by atoms with Crippen LogP contribution in [0, 0.1) is 164 Å². The SMILES string of the molecule is CC(C(C)(C)C)C(C)(C)C.CC(C)(C)CC(C)(C)C.CC(C)C(C)(C)C.CC(C)C(C)(C)C.CC(C)C(C)C(C)C.CC(C)CC(C)(C)C.CCC(C)(C)CC(C)(C)C.CCC(C)(C)CC(C)(C)CC(C)(C)C.CCC(C)(C)CC(C)C.CCC(C)C(C)(C)C.CCC(C)C(C)C(C)C.CCCC(C)(C)C(C)C.CCCCC(C)(C)C. The van der Waals surface area contributed by atoms with E-state index in [0.29, 0.717) is 86.6 Å². The van der Waals surface area contributed by atoms with Crippen LogP contribution < -0.4 is 0 Å². The molecule has 116 heavy (non-hydrogen) atoms. The summed E-state index contributed by atoms with van der Waals surface area (Å²) in [6.45, 7) is 163. The summed E-state index contributed by atoms with van der Waals surface area (Å²) in [4.78, 5) is 0. The van der Waals surface area contributed by atoms with Crippen molar-refractivity contribution in [1.29, 1.82) is 0 Å². The fraction of sp³-hybridized carbons (Fsp3) is 1.00. The van der Waals surface area contributed by atoms with Crippen LogP contribution in [0.15, 0.2) is 0 Å². The van der Waals surface area contributed by atoms with Crippen LogP contribution in [0.25, 0.3) is 0 Å². The van der Waals surface area contributed by atoms with Gasteiger partial charge in [0.25, 0.3) is 0 Å². The van der Waals surface area contributed by atoms with E-state index < -0.39 is 0 Å². The molecule has 0 aliphatic carbocycles. The molecule has 0 saturated heterocycles. The van der Waals surface area contributed by atoms with E-state index in [9.17, 15) is 0 Å². The van der Waals surface area contributed by atoms with E-state index >= 15 is 0 Å². The van der Waals surface area contributed by atoms with E-state index in [1.165, 1.54) is 103 Å². The first-order chi connectivity index (χ1) is 50.1. The Bertz CT molecular complexity index is 1990. The molecule has 0 aliphatic rings. The van der Waals surface area contributed by atoms with Gasteiger partial charge in [0, 0.05) is 0 Å². The third-order valence-corrected chi connectivity index (χ3v) is 25.5. The Morgan fingerprint density at radius 2 is 0.483 bits per heavy atom. The lowest BCUT2D eigenvalue weighted by Crippen LogP contribution is -2.29. The lowest BCUT2D eigenvalue weighted by atomic mass is 9.67.